The summed E-state index contributed by atoms with van der Waals surface area (Å²) in [7, 11) is 5.66. The molecule has 0 heterocycles. The third kappa shape index (κ3) is 20.3. The smallest absolute Gasteiger partial charge is 0.305 e. The van der Waals surface area contributed by atoms with Gasteiger partial charge in [0, 0.05) is 12.4 Å². The van der Waals surface area contributed by atoms with E-state index in [1.165, 1.54) is 6.92 Å². The Morgan fingerprint density at radius 3 is 1.78 bits per heavy atom. The van der Waals surface area contributed by atoms with Crippen molar-refractivity contribution < 1.29 is 34.5 Å². The number of aliphatic carboxylic acids is 2. The maximum absolute atomic E-state index is 10.0. The highest BCUT2D eigenvalue weighted by molar-refractivity contribution is 5.67. The number of rotatable bonds is 6. The molecular formula is C11H23NO6. The van der Waals surface area contributed by atoms with Gasteiger partial charge in [-0.3, -0.25) is 4.79 Å². The molecule has 108 valence electrons. The third-order valence-electron chi connectivity index (χ3n) is 1.63. The van der Waals surface area contributed by atoms with E-state index in [4.69, 9.17) is 15.3 Å². The second kappa shape index (κ2) is 8.84. The van der Waals surface area contributed by atoms with E-state index in [0.29, 0.717) is 11.0 Å². The Balaban J connectivity index is 0. The van der Waals surface area contributed by atoms with Crippen molar-refractivity contribution in [2.24, 2.45) is 0 Å². The number of carboxylic acids is 2. The molecule has 0 radical (unpaired) electrons. The summed E-state index contributed by atoms with van der Waals surface area (Å²) in [6.07, 6.45) is -1.98. The fourth-order valence-corrected chi connectivity index (χ4v) is 1.14. The molecule has 0 aliphatic carbocycles. The lowest BCUT2D eigenvalue weighted by molar-refractivity contribution is -0.873. The van der Waals surface area contributed by atoms with E-state index in [-0.39, 0.29) is 12.8 Å². The first-order chi connectivity index (χ1) is 7.94. The highest BCUT2D eigenvalue weighted by Gasteiger charge is 2.14. The van der Waals surface area contributed by atoms with Gasteiger partial charge >= 0.3 is 5.97 Å². The van der Waals surface area contributed by atoms with Crippen LogP contribution >= 0.6 is 0 Å². The second-order valence-corrected chi connectivity index (χ2v) is 5.15. The summed E-state index contributed by atoms with van der Waals surface area (Å²) in [5.74, 6) is -2.17. The van der Waals surface area contributed by atoms with E-state index >= 15 is 0 Å². The van der Waals surface area contributed by atoms with Crippen LogP contribution in [0.5, 0.6) is 0 Å². The lowest BCUT2D eigenvalue weighted by atomic mass is 10.2. The molecule has 7 heteroatoms. The molecule has 0 bridgehead atoms. The molecule has 0 aliphatic rings. The summed E-state index contributed by atoms with van der Waals surface area (Å²) in [5, 5.41) is 35.4. The van der Waals surface area contributed by atoms with Crippen LogP contribution in [0.4, 0.5) is 0 Å². The molecule has 0 spiro atoms. The minimum atomic E-state index is -1.20. The second-order valence-electron chi connectivity index (χ2n) is 5.15. The fraction of sp³-hybridized carbons (Fsp3) is 0.818. The van der Waals surface area contributed by atoms with E-state index < -0.39 is 24.1 Å². The lowest BCUT2D eigenvalue weighted by Crippen LogP contribution is -2.43. The van der Waals surface area contributed by atoms with Crippen molar-refractivity contribution in [1.29, 1.82) is 0 Å². The molecule has 0 aromatic carbocycles. The third-order valence-corrected chi connectivity index (χ3v) is 1.63. The number of nitrogens with zero attached hydrogens (tertiary/aromatic N) is 1. The van der Waals surface area contributed by atoms with Crippen molar-refractivity contribution in [3.05, 3.63) is 0 Å². The molecule has 0 amide bonds. The predicted octanol–water partition coefficient (Wildman–Crippen LogP) is -1.96. The van der Waals surface area contributed by atoms with Gasteiger partial charge in [0.1, 0.15) is 12.6 Å². The monoisotopic (exact) mass is 265 g/mol. The summed E-state index contributed by atoms with van der Waals surface area (Å²) in [4.78, 5) is 19.7. The van der Waals surface area contributed by atoms with Crippen LogP contribution < -0.4 is 5.11 Å². The average molecular weight is 265 g/mol. The Morgan fingerprint density at radius 2 is 1.61 bits per heavy atom. The van der Waals surface area contributed by atoms with E-state index in [1.807, 2.05) is 21.1 Å². The normalized spacial score (nSPS) is 14.1. The van der Waals surface area contributed by atoms with E-state index in [0.717, 1.165) is 0 Å². The largest absolute Gasteiger partial charge is 0.550 e. The number of likely N-dealkylation sites (N-methyl/N-ethyl adjacent to an activating group) is 1. The van der Waals surface area contributed by atoms with Crippen LogP contribution in [-0.2, 0) is 9.59 Å². The molecule has 0 rings (SSSR count). The lowest BCUT2D eigenvalue weighted by Gasteiger charge is -2.26. The zero-order valence-corrected chi connectivity index (χ0v) is 11.3. The average Bonchev–Trinajstić information content (AvgIpc) is 1.94. The van der Waals surface area contributed by atoms with Crippen LogP contribution in [0.3, 0.4) is 0 Å². The highest BCUT2D eigenvalue weighted by atomic mass is 16.4. The molecule has 0 aliphatic heterocycles. The summed E-state index contributed by atoms with van der Waals surface area (Å²) >= 11 is 0. The van der Waals surface area contributed by atoms with Gasteiger partial charge in [-0.2, -0.15) is 0 Å². The first kappa shape index (κ1) is 19.2. The molecule has 0 aromatic heterocycles. The number of carbonyl (C=O) groups is 2. The van der Waals surface area contributed by atoms with Gasteiger partial charge in [0.25, 0.3) is 0 Å². The van der Waals surface area contributed by atoms with Crippen LogP contribution in [0.2, 0.25) is 0 Å². The van der Waals surface area contributed by atoms with Gasteiger partial charge in [-0.1, -0.05) is 0 Å². The van der Waals surface area contributed by atoms with Crippen molar-refractivity contribution in [2.75, 3.05) is 27.7 Å². The van der Waals surface area contributed by atoms with E-state index in [2.05, 4.69) is 0 Å². The van der Waals surface area contributed by atoms with Gasteiger partial charge in [-0.15, -0.1) is 0 Å². The number of hydrogen-bond donors (Lipinski definition) is 3. The van der Waals surface area contributed by atoms with E-state index in [1.54, 1.807) is 0 Å². The van der Waals surface area contributed by atoms with Crippen molar-refractivity contribution in [2.45, 2.75) is 32.0 Å². The zero-order valence-electron chi connectivity index (χ0n) is 11.3. The quantitative estimate of drug-likeness (QED) is 0.480. The van der Waals surface area contributed by atoms with Gasteiger partial charge in [-0.25, -0.2) is 0 Å². The van der Waals surface area contributed by atoms with Crippen molar-refractivity contribution >= 4 is 11.9 Å². The van der Waals surface area contributed by atoms with Gasteiger partial charge in [0.2, 0.25) is 0 Å². The molecule has 0 fully saturated rings. The maximum Gasteiger partial charge on any atom is 0.305 e. The Bertz CT molecular complexity index is 259. The Hall–Kier alpha value is -1.18. The zero-order chi connectivity index (χ0) is 14.9. The first-order valence-corrected chi connectivity index (χ1v) is 5.52. The SMILES string of the molecule is CC(O)CC(=O)O.C[N+](C)(C)C[C@H](O)CC(=O)[O-]. The van der Waals surface area contributed by atoms with Crippen LogP contribution in [0.1, 0.15) is 19.8 Å². The molecule has 0 aromatic rings. The Kier molecular flexibility index (Phi) is 9.42. The number of carbonyl (C=O) groups excluding carboxylic acids is 1. The molecule has 0 saturated heterocycles. The Labute approximate surface area is 107 Å². The van der Waals surface area contributed by atoms with Crippen LogP contribution in [-0.4, -0.2) is 71.6 Å². The molecule has 1 unspecified atom stereocenters. The molecule has 7 nitrogen and oxygen atoms in total. The van der Waals surface area contributed by atoms with E-state index in [9.17, 15) is 14.7 Å². The summed E-state index contributed by atoms with van der Waals surface area (Å²) in [6.45, 7) is 1.86. The van der Waals surface area contributed by atoms with Gasteiger partial charge in [0.05, 0.1) is 33.7 Å². The highest BCUT2D eigenvalue weighted by Crippen LogP contribution is 1.97. The van der Waals surface area contributed by atoms with Crippen molar-refractivity contribution in [3.63, 3.8) is 0 Å². The predicted molar refractivity (Wildman–Crippen MR) is 62.5 cm³/mol. The minimum Gasteiger partial charge on any atom is -0.550 e. The number of carboxylic acid groups (broad SMARTS) is 2. The Morgan fingerprint density at radius 1 is 1.17 bits per heavy atom. The van der Waals surface area contributed by atoms with Crippen molar-refractivity contribution in [3.8, 4) is 0 Å². The van der Waals surface area contributed by atoms with Crippen LogP contribution in [0, 0.1) is 0 Å². The molecule has 3 N–H and O–H groups in total. The number of aliphatic hydroxyl groups is 2. The summed E-state index contributed by atoms with van der Waals surface area (Å²) in [5.41, 5.74) is 0. The molecule has 2 atom stereocenters. The molecule has 0 saturated carbocycles. The van der Waals surface area contributed by atoms with Crippen LogP contribution in [0.15, 0.2) is 0 Å². The summed E-state index contributed by atoms with van der Waals surface area (Å²) in [6, 6.07) is 0. The summed E-state index contributed by atoms with van der Waals surface area (Å²) < 4.78 is 0.550. The van der Waals surface area contributed by atoms with Gasteiger partial charge in [-0.05, 0) is 6.92 Å². The fourth-order valence-electron chi connectivity index (χ4n) is 1.14. The van der Waals surface area contributed by atoms with Gasteiger partial charge < -0.3 is 29.7 Å². The standard InChI is InChI=1S/C7H15NO3.C4H8O3/c1-8(2,3)5-6(9)4-7(10)11;1-3(5)2-4(6)7/h6,9H,4-5H2,1-3H3;3,5H,2H2,1H3,(H,6,7)/t6-;/m1./s1. The maximum atomic E-state index is 10.0. The number of hydrogen-bond acceptors (Lipinski definition) is 5. The first-order valence-electron chi connectivity index (χ1n) is 5.52. The van der Waals surface area contributed by atoms with Crippen LogP contribution in [0.25, 0.3) is 0 Å². The van der Waals surface area contributed by atoms with Crippen molar-refractivity contribution in [1.82, 2.24) is 0 Å². The minimum absolute atomic E-state index is 0.167. The molecular weight excluding hydrogens is 242 g/mol. The molecule has 18 heavy (non-hydrogen) atoms. The number of aliphatic hydroxyl groups excluding tert-OH is 2. The topological polar surface area (TPSA) is 118 Å². The number of quaternary nitrogens is 1. The van der Waals surface area contributed by atoms with Gasteiger partial charge in [0.15, 0.2) is 0 Å².